The molecule has 0 saturated heterocycles. The third kappa shape index (κ3) is 1.56. The number of halogens is 1. The highest BCUT2D eigenvalue weighted by Gasteiger charge is 2.06. The zero-order valence-corrected chi connectivity index (χ0v) is 8.25. The van der Waals surface area contributed by atoms with Gasteiger partial charge < -0.3 is 4.74 Å². The van der Waals surface area contributed by atoms with Gasteiger partial charge in [0, 0.05) is 5.56 Å². The summed E-state index contributed by atoms with van der Waals surface area (Å²) >= 11 is 6.04. The van der Waals surface area contributed by atoms with E-state index in [4.69, 9.17) is 16.3 Å². The minimum atomic E-state index is 0.596. The highest BCUT2D eigenvalue weighted by molar-refractivity contribution is 6.33. The van der Waals surface area contributed by atoms with Crippen LogP contribution in [0, 0.1) is 0 Å². The van der Waals surface area contributed by atoms with Gasteiger partial charge in [0.1, 0.15) is 11.4 Å². The van der Waals surface area contributed by atoms with Gasteiger partial charge in [0.2, 0.25) is 0 Å². The fraction of sp³-hybridized carbons (Fsp3) is 0.111. The second-order valence-electron chi connectivity index (χ2n) is 2.70. The predicted molar refractivity (Wildman–Crippen MR) is 53.4 cm³/mol. The van der Waals surface area contributed by atoms with E-state index in [0.29, 0.717) is 5.02 Å². The van der Waals surface area contributed by atoms with Crippen LogP contribution in [-0.4, -0.2) is 22.5 Å². The average molecular weight is 210 g/mol. The van der Waals surface area contributed by atoms with Crippen LogP contribution in [0.2, 0.25) is 5.02 Å². The number of ether oxygens (including phenoxy) is 1. The first kappa shape index (κ1) is 9.02. The fourth-order valence-corrected chi connectivity index (χ4v) is 1.43. The Morgan fingerprint density at radius 1 is 1.43 bits per heavy atom. The summed E-state index contributed by atoms with van der Waals surface area (Å²) in [5, 5.41) is 10.8. The fourth-order valence-electron chi connectivity index (χ4n) is 1.16. The number of nitrogens with one attached hydrogen (secondary N) is 1. The van der Waals surface area contributed by atoms with E-state index < -0.39 is 0 Å². The number of hydrogen-bond donors (Lipinski definition) is 1. The Bertz CT molecular complexity index is 428. The van der Waals surface area contributed by atoms with Gasteiger partial charge in [-0.25, -0.2) is 0 Å². The number of H-pyrrole nitrogens is 1. The molecule has 0 atom stereocenters. The van der Waals surface area contributed by atoms with Gasteiger partial charge >= 0.3 is 0 Å². The number of methoxy groups -OCH3 is 1. The molecule has 2 aromatic rings. The van der Waals surface area contributed by atoms with Crippen molar-refractivity contribution < 1.29 is 4.74 Å². The summed E-state index contributed by atoms with van der Waals surface area (Å²) in [6, 6.07) is 5.42. The van der Waals surface area contributed by atoms with E-state index in [9.17, 15) is 0 Å². The average Bonchev–Trinajstić information content (AvgIpc) is 2.70. The monoisotopic (exact) mass is 209 g/mol. The van der Waals surface area contributed by atoms with Gasteiger partial charge in [-0.1, -0.05) is 11.6 Å². The largest absolute Gasteiger partial charge is 0.497 e. The van der Waals surface area contributed by atoms with E-state index in [-0.39, 0.29) is 0 Å². The van der Waals surface area contributed by atoms with Gasteiger partial charge in [-0.3, -0.25) is 0 Å². The molecule has 5 heteroatoms. The van der Waals surface area contributed by atoms with Crippen LogP contribution in [0.5, 0.6) is 5.75 Å². The lowest BCUT2D eigenvalue weighted by Crippen LogP contribution is -1.84. The molecule has 2 rings (SSSR count). The minimum absolute atomic E-state index is 0.596. The maximum absolute atomic E-state index is 6.04. The smallest absolute Gasteiger partial charge is 0.120 e. The predicted octanol–water partition coefficient (Wildman–Crippen LogP) is 2.13. The first-order chi connectivity index (χ1) is 6.81. The zero-order chi connectivity index (χ0) is 9.97. The van der Waals surface area contributed by atoms with Gasteiger partial charge in [-0.15, -0.1) is 0 Å². The third-order valence-electron chi connectivity index (χ3n) is 1.87. The van der Waals surface area contributed by atoms with Gasteiger partial charge in [-0.05, 0) is 18.2 Å². The molecule has 0 bridgehead atoms. The van der Waals surface area contributed by atoms with E-state index in [0.717, 1.165) is 17.0 Å². The molecule has 0 fully saturated rings. The summed E-state index contributed by atoms with van der Waals surface area (Å²) in [5.41, 5.74) is 1.55. The van der Waals surface area contributed by atoms with Crippen LogP contribution in [0.3, 0.4) is 0 Å². The highest BCUT2D eigenvalue weighted by Crippen LogP contribution is 2.29. The minimum Gasteiger partial charge on any atom is -0.497 e. The van der Waals surface area contributed by atoms with Gasteiger partial charge in [0.05, 0.1) is 18.3 Å². The standard InChI is InChI=1S/C9H8ClN3O/c1-14-6-2-3-7(8(10)4-6)9-5-11-13-12-9/h2-5H,1H3,(H,11,12,13). The Balaban J connectivity index is 2.46. The summed E-state index contributed by atoms with van der Waals surface area (Å²) in [7, 11) is 1.60. The molecule has 0 amide bonds. The van der Waals surface area contributed by atoms with Crippen LogP contribution in [0.1, 0.15) is 0 Å². The molecule has 72 valence electrons. The molecule has 1 aromatic heterocycles. The molecule has 1 aromatic carbocycles. The Labute approximate surface area is 85.9 Å². The van der Waals surface area contributed by atoms with E-state index in [1.165, 1.54) is 0 Å². The zero-order valence-electron chi connectivity index (χ0n) is 7.49. The van der Waals surface area contributed by atoms with Crippen molar-refractivity contribution in [2.75, 3.05) is 7.11 Å². The van der Waals surface area contributed by atoms with Crippen molar-refractivity contribution in [3.63, 3.8) is 0 Å². The lowest BCUT2D eigenvalue weighted by Gasteiger charge is -2.03. The Morgan fingerprint density at radius 3 is 2.86 bits per heavy atom. The lowest BCUT2D eigenvalue weighted by atomic mass is 10.1. The van der Waals surface area contributed by atoms with Crippen molar-refractivity contribution in [2.45, 2.75) is 0 Å². The Kier molecular flexibility index (Phi) is 2.37. The maximum atomic E-state index is 6.04. The quantitative estimate of drug-likeness (QED) is 0.825. The van der Waals surface area contributed by atoms with Crippen LogP contribution < -0.4 is 4.74 Å². The summed E-state index contributed by atoms with van der Waals surface area (Å²) in [4.78, 5) is 0. The van der Waals surface area contributed by atoms with E-state index in [1.54, 1.807) is 19.4 Å². The van der Waals surface area contributed by atoms with Crippen LogP contribution in [0.4, 0.5) is 0 Å². The van der Waals surface area contributed by atoms with Crippen LogP contribution in [0.15, 0.2) is 24.4 Å². The second kappa shape index (κ2) is 3.67. The van der Waals surface area contributed by atoms with Crippen molar-refractivity contribution >= 4 is 11.6 Å². The molecular weight excluding hydrogens is 202 g/mol. The molecule has 1 heterocycles. The topological polar surface area (TPSA) is 50.8 Å². The Hall–Kier alpha value is -1.55. The molecule has 1 N–H and O–H groups in total. The van der Waals surface area contributed by atoms with Crippen LogP contribution in [0.25, 0.3) is 11.3 Å². The molecule has 4 nitrogen and oxygen atoms in total. The number of hydrogen-bond acceptors (Lipinski definition) is 3. The van der Waals surface area contributed by atoms with Crippen molar-refractivity contribution in [3.8, 4) is 17.0 Å². The van der Waals surface area contributed by atoms with Crippen molar-refractivity contribution in [1.82, 2.24) is 15.4 Å². The molecule has 0 saturated carbocycles. The van der Waals surface area contributed by atoms with Crippen LogP contribution >= 0.6 is 11.6 Å². The van der Waals surface area contributed by atoms with Crippen molar-refractivity contribution in [3.05, 3.63) is 29.4 Å². The lowest BCUT2D eigenvalue weighted by molar-refractivity contribution is 0.415. The number of aromatic nitrogens is 3. The maximum Gasteiger partial charge on any atom is 0.120 e. The molecule has 0 radical (unpaired) electrons. The van der Waals surface area contributed by atoms with Gasteiger partial charge in [-0.2, -0.15) is 15.4 Å². The summed E-state index contributed by atoms with van der Waals surface area (Å²) in [6.07, 6.45) is 1.62. The molecule has 0 aliphatic rings. The summed E-state index contributed by atoms with van der Waals surface area (Å²) in [5.74, 6) is 0.724. The molecule has 0 aliphatic heterocycles. The number of benzene rings is 1. The number of aromatic amines is 1. The second-order valence-corrected chi connectivity index (χ2v) is 3.11. The van der Waals surface area contributed by atoms with E-state index in [1.807, 2.05) is 12.1 Å². The summed E-state index contributed by atoms with van der Waals surface area (Å²) in [6.45, 7) is 0. The van der Waals surface area contributed by atoms with Gasteiger partial charge in [0.25, 0.3) is 0 Å². The highest BCUT2D eigenvalue weighted by atomic mass is 35.5. The molecular formula is C9H8ClN3O. The van der Waals surface area contributed by atoms with Crippen molar-refractivity contribution in [1.29, 1.82) is 0 Å². The number of nitrogens with zero attached hydrogens (tertiary/aromatic N) is 2. The third-order valence-corrected chi connectivity index (χ3v) is 2.18. The van der Waals surface area contributed by atoms with E-state index in [2.05, 4.69) is 15.4 Å². The molecule has 14 heavy (non-hydrogen) atoms. The SMILES string of the molecule is COc1ccc(-c2cn[nH]n2)c(Cl)c1. The van der Waals surface area contributed by atoms with Gasteiger partial charge in [0.15, 0.2) is 0 Å². The normalized spacial score (nSPS) is 10.1. The molecule has 0 unspecified atom stereocenters. The first-order valence-corrected chi connectivity index (χ1v) is 4.39. The van der Waals surface area contributed by atoms with Crippen LogP contribution in [-0.2, 0) is 0 Å². The molecule has 0 aliphatic carbocycles. The van der Waals surface area contributed by atoms with Crippen molar-refractivity contribution in [2.24, 2.45) is 0 Å². The Morgan fingerprint density at radius 2 is 2.29 bits per heavy atom. The van der Waals surface area contributed by atoms with E-state index >= 15 is 0 Å². The molecule has 0 spiro atoms. The number of rotatable bonds is 2. The summed E-state index contributed by atoms with van der Waals surface area (Å²) < 4.78 is 5.04. The first-order valence-electron chi connectivity index (χ1n) is 4.01.